The number of benzene rings is 1. The van der Waals surface area contributed by atoms with Crippen LogP contribution in [0, 0.1) is 29.6 Å². The maximum Gasteiger partial charge on any atom is 0.416 e. The summed E-state index contributed by atoms with van der Waals surface area (Å²) in [6, 6.07) is 7.52. The Hall–Kier alpha value is -2.48. The van der Waals surface area contributed by atoms with Gasteiger partial charge in [-0.3, -0.25) is 4.79 Å². The van der Waals surface area contributed by atoms with E-state index >= 15 is 0 Å². The fraction of sp³-hybridized carbons (Fsp3) is 0.429. The van der Waals surface area contributed by atoms with Crippen LogP contribution in [-0.2, 0) is 15.7 Å². The minimum atomic E-state index is -4.50. The number of hydrogen-bond donors (Lipinski definition) is 1. The molecular formula is C21H18F4N2O2. The van der Waals surface area contributed by atoms with Crippen LogP contribution in [-0.4, -0.2) is 23.1 Å². The van der Waals surface area contributed by atoms with E-state index in [-0.39, 0.29) is 29.7 Å². The molecule has 1 amide bonds. The molecule has 1 saturated carbocycles. The van der Waals surface area contributed by atoms with Crippen LogP contribution in [0.25, 0.3) is 0 Å². The number of carbonyl (C=O) groups excluding carboxylic acids is 1. The van der Waals surface area contributed by atoms with Gasteiger partial charge in [-0.15, -0.1) is 0 Å². The van der Waals surface area contributed by atoms with Gasteiger partial charge in [-0.2, -0.15) is 17.6 Å². The zero-order valence-corrected chi connectivity index (χ0v) is 15.4. The Balaban J connectivity index is 1.45. The number of ether oxygens (including phenoxy) is 1. The van der Waals surface area contributed by atoms with Crippen LogP contribution in [0.5, 0.6) is 0 Å². The van der Waals surface area contributed by atoms with Crippen molar-refractivity contribution in [1.82, 2.24) is 4.98 Å². The summed E-state index contributed by atoms with van der Waals surface area (Å²) in [5.41, 5.74) is -0.123. The van der Waals surface area contributed by atoms with Gasteiger partial charge in [0.15, 0.2) is 0 Å². The van der Waals surface area contributed by atoms with Crippen LogP contribution < -0.4 is 5.32 Å². The lowest BCUT2D eigenvalue weighted by atomic mass is 9.75. The van der Waals surface area contributed by atoms with Crippen molar-refractivity contribution < 1.29 is 27.1 Å². The van der Waals surface area contributed by atoms with Crippen LogP contribution in [0.1, 0.15) is 24.0 Å². The largest absolute Gasteiger partial charge is 0.416 e. The maximum atomic E-state index is 13.7. The first-order chi connectivity index (χ1) is 13.8. The average molecular weight is 406 g/mol. The van der Waals surface area contributed by atoms with Crippen LogP contribution in [0.4, 0.5) is 23.2 Å². The van der Waals surface area contributed by atoms with E-state index in [1.54, 1.807) is 6.07 Å². The molecule has 3 fully saturated rings. The molecule has 2 aliphatic heterocycles. The van der Waals surface area contributed by atoms with E-state index < -0.39 is 29.5 Å². The van der Waals surface area contributed by atoms with Crippen molar-refractivity contribution in [3.8, 4) is 0 Å². The minimum absolute atomic E-state index is 0.0765. The second-order valence-electron chi connectivity index (χ2n) is 8.11. The third kappa shape index (κ3) is 2.92. The van der Waals surface area contributed by atoms with Gasteiger partial charge in [0.25, 0.3) is 0 Å². The van der Waals surface area contributed by atoms with E-state index in [4.69, 9.17) is 4.74 Å². The Labute approximate surface area is 164 Å². The molecular weight excluding hydrogens is 388 g/mol. The number of amides is 1. The van der Waals surface area contributed by atoms with Gasteiger partial charge in [0, 0.05) is 17.8 Å². The maximum absolute atomic E-state index is 13.7. The highest BCUT2D eigenvalue weighted by Crippen LogP contribution is 2.68. The van der Waals surface area contributed by atoms with Crippen molar-refractivity contribution in [1.29, 1.82) is 0 Å². The first-order valence-electron chi connectivity index (χ1n) is 9.51. The van der Waals surface area contributed by atoms with E-state index in [9.17, 15) is 22.4 Å². The van der Waals surface area contributed by atoms with Gasteiger partial charge >= 0.3 is 6.18 Å². The summed E-state index contributed by atoms with van der Waals surface area (Å²) in [5, 5.41) is 2.62. The molecule has 0 spiro atoms. The monoisotopic (exact) mass is 406 g/mol. The quantitative estimate of drug-likeness (QED) is 0.613. The van der Waals surface area contributed by atoms with E-state index in [0.29, 0.717) is 17.4 Å². The summed E-state index contributed by atoms with van der Waals surface area (Å²) in [4.78, 5) is 16.7. The Kier molecular flexibility index (Phi) is 4.00. The van der Waals surface area contributed by atoms with E-state index in [1.807, 2.05) is 0 Å². The van der Waals surface area contributed by atoms with Gasteiger partial charge in [-0.25, -0.2) is 4.98 Å². The number of carbonyl (C=O) groups is 1. The Morgan fingerprint density at radius 3 is 2.62 bits per heavy atom. The molecule has 1 N–H and O–H groups in total. The molecule has 2 saturated heterocycles. The summed E-state index contributed by atoms with van der Waals surface area (Å²) < 4.78 is 58.7. The molecule has 152 valence electrons. The van der Waals surface area contributed by atoms with E-state index in [0.717, 1.165) is 12.1 Å². The highest BCUT2D eigenvalue weighted by molar-refractivity contribution is 5.94. The van der Waals surface area contributed by atoms with Gasteiger partial charge < -0.3 is 10.1 Å². The van der Waals surface area contributed by atoms with E-state index in [1.165, 1.54) is 24.4 Å². The molecule has 5 rings (SSSR count). The number of fused-ring (bicyclic) bond motifs is 5. The summed E-state index contributed by atoms with van der Waals surface area (Å²) in [5.74, 6) is -0.977. The molecule has 4 nitrogen and oxygen atoms in total. The highest BCUT2D eigenvalue weighted by Gasteiger charge is 2.72. The Bertz CT molecular complexity index is 979. The number of alkyl halides is 3. The SMILES string of the molecule is C[C@H]1C2C1[C@@H]1O[C@H]2[C@H](C(=O)Nc2cccc(C(F)(F)F)c2)[C@H]1c1ccnc(F)c1. The molecule has 3 heterocycles. The molecule has 1 aliphatic carbocycles. The minimum Gasteiger partial charge on any atom is -0.373 e. The van der Waals surface area contributed by atoms with Crippen molar-refractivity contribution in [3.63, 3.8) is 0 Å². The van der Waals surface area contributed by atoms with E-state index in [2.05, 4.69) is 17.2 Å². The lowest BCUT2D eigenvalue weighted by molar-refractivity contribution is -0.137. The smallest absolute Gasteiger partial charge is 0.373 e. The van der Waals surface area contributed by atoms with Gasteiger partial charge in [0.2, 0.25) is 11.9 Å². The lowest BCUT2D eigenvalue weighted by Gasteiger charge is -2.27. The Morgan fingerprint density at radius 1 is 1.14 bits per heavy atom. The first kappa shape index (κ1) is 18.5. The summed E-state index contributed by atoms with van der Waals surface area (Å²) in [6.45, 7) is 2.11. The van der Waals surface area contributed by atoms with Crippen molar-refractivity contribution in [2.24, 2.45) is 23.7 Å². The molecule has 8 heteroatoms. The number of halogens is 4. The summed E-state index contributed by atoms with van der Waals surface area (Å²) >= 11 is 0. The second kappa shape index (κ2) is 6.26. The normalized spacial score (nSPS) is 34.7. The molecule has 7 atom stereocenters. The number of nitrogens with one attached hydrogen (secondary N) is 1. The van der Waals surface area contributed by atoms with Crippen molar-refractivity contribution in [2.45, 2.75) is 31.2 Å². The van der Waals surface area contributed by atoms with Crippen LogP contribution in [0.2, 0.25) is 0 Å². The zero-order chi connectivity index (χ0) is 20.5. The highest BCUT2D eigenvalue weighted by atomic mass is 19.4. The molecule has 2 bridgehead atoms. The number of anilines is 1. The Morgan fingerprint density at radius 2 is 1.90 bits per heavy atom. The van der Waals surface area contributed by atoms with Crippen LogP contribution >= 0.6 is 0 Å². The molecule has 1 aromatic heterocycles. The molecule has 0 radical (unpaired) electrons. The standard InChI is InChI=1S/C21H18F4N2O2/c1-9-14-15(9)19-17(16(18(14)29-19)10-5-6-26-13(22)7-10)20(28)27-12-4-2-3-11(8-12)21(23,24)25/h2-9,14-19H,1H3,(H,27,28)/t9-,14?,15?,16-,17-,18+,19-/m1/s1. The number of hydrogen-bond acceptors (Lipinski definition) is 3. The van der Waals surface area contributed by atoms with Gasteiger partial charge in [-0.05, 0) is 53.6 Å². The average Bonchev–Trinajstić information content (AvgIpc) is 3.03. The number of aromatic nitrogens is 1. The predicted octanol–water partition coefficient (Wildman–Crippen LogP) is 4.24. The predicted molar refractivity (Wildman–Crippen MR) is 95.3 cm³/mol. The first-order valence-corrected chi connectivity index (χ1v) is 9.51. The topological polar surface area (TPSA) is 51.2 Å². The van der Waals surface area contributed by atoms with Crippen molar-refractivity contribution in [2.75, 3.05) is 5.32 Å². The van der Waals surface area contributed by atoms with Crippen molar-refractivity contribution >= 4 is 11.6 Å². The fourth-order valence-corrected chi connectivity index (χ4v) is 5.31. The molecule has 2 unspecified atom stereocenters. The molecule has 29 heavy (non-hydrogen) atoms. The fourth-order valence-electron chi connectivity index (χ4n) is 5.31. The number of pyridine rings is 1. The third-order valence-electron chi connectivity index (χ3n) is 6.58. The molecule has 1 aromatic carbocycles. The molecule has 3 aliphatic rings. The van der Waals surface area contributed by atoms with Crippen molar-refractivity contribution in [3.05, 3.63) is 59.7 Å². The second-order valence-corrected chi connectivity index (χ2v) is 8.11. The third-order valence-corrected chi connectivity index (χ3v) is 6.58. The summed E-state index contributed by atoms with van der Waals surface area (Å²) in [6.07, 6.45) is -3.65. The lowest BCUT2D eigenvalue weighted by Crippen LogP contribution is -2.37. The number of nitrogens with zero attached hydrogens (tertiary/aromatic N) is 1. The van der Waals surface area contributed by atoms with Gasteiger partial charge in [-0.1, -0.05) is 13.0 Å². The number of rotatable bonds is 3. The van der Waals surface area contributed by atoms with Crippen LogP contribution in [0.15, 0.2) is 42.6 Å². The van der Waals surface area contributed by atoms with Gasteiger partial charge in [0.1, 0.15) is 0 Å². The van der Waals surface area contributed by atoms with Crippen LogP contribution in [0.3, 0.4) is 0 Å². The molecule has 2 aromatic rings. The summed E-state index contributed by atoms with van der Waals surface area (Å²) in [7, 11) is 0. The zero-order valence-electron chi connectivity index (χ0n) is 15.4. The van der Waals surface area contributed by atoms with Gasteiger partial charge in [0.05, 0.1) is 23.7 Å².